The first-order chi connectivity index (χ1) is 14.3. The molecule has 1 aliphatic carbocycles. The third-order valence-electron chi connectivity index (χ3n) is 6.61. The van der Waals surface area contributed by atoms with Gasteiger partial charge in [-0.3, -0.25) is 9.10 Å². The van der Waals surface area contributed by atoms with Crippen molar-refractivity contribution < 1.29 is 26.9 Å². The fourth-order valence-electron chi connectivity index (χ4n) is 3.77. The number of nitrogens with zero attached hydrogens (tertiary/aromatic N) is 1. The summed E-state index contributed by atoms with van der Waals surface area (Å²) in [5, 5.41) is 3.31. The molecule has 1 amide bonds. The first-order valence-electron chi connectivity index (χ1n) is 10.4. The second-order valence-corrected chi connectivity index (χ2v) is 11.4. The Hall–Kier alpha value is -2.04. The molecule has 1 N–H and O–H groups in total. The van der Waals surface area contributed by atoms with Crippen LogP contribution >= 0.6 is 0 Å². The van der Waals surface area contributed by atoms with Gasteiger partial charge in [-0.05, 0) is 46.6 Å². The molecule has 0 bridgehead atoms. The van der Waals surface area contributed by atoms with E-state index in [4.69, 9.17) is 13.7 Å². The Morgan fingerprint density at radius 1 is 1.16 bits per heavy atom. The molecule has 31 heavy (non-hydrogen) atoms. The van der Waals surface area contributed by atoms with Crippen LogP contribution in [0.15, 0.2) is 16.5 Å². The maximum Gasteiger partial charge on any atom is 0.497 e. The summed E-state index contributed by atoms with van der Waals surface area (Å²) in [7, 11) is -1.30. The lowest BCUT2D eigenvalue weighted by Gasteiger charge is -2.32. The third kappa shape index (κ3) is 3.64. The SMILES string of the molecule is CNC(=O)c1c(C2CC2)oc2cc(N(C)S(C)(=O)=O)c(B3OC(C)(C)C(C)(C)O3)cc12. The van der Waals surface area contributed by atoms with Gasteiger partial charge < -0.3 is 19.0 Å². The van der Waals surface area contributed by atoms with E-state index in [1.54, 1.807) is 19.2 Å². The van der Waals surface area contributed by atoms with Gasteiger partial charge in [-0.1, -0.05) is 0 Å². The molecule has 0 radical (unpaired) electrons. The number of hydrogen-bond acceptors (Lipinski definition) is 6. The van der Waals surface area contributed by atoms with Crippen molar-refractivity contribution in [2.24, 2.45) is 0 Å². The molecule has 2 fully saturated rings. The molecule has 0 spiro atoms. The zero-order valence-corrected chi connectivity index (χ0v) is 19.8. The summed E-state index contributed by atoms with van der Waals surface area (Å²) < 4.78 is 44.5. The Morgan fingerprint density at radius 2 is 1.74 bits per heavy atom. The molecular weight excluding hydrogens is 419 g/mol. The second kappa shape index (κ2) is 6.98. The van der Waals surface area contributed by atoms with Gasteiger partial charge >= 0.3 is 7.12 Å². The van der Waals surface area contributed by atoms with Gasteiger partial charge in [-0.2, -0.15) is 0 Å². The van der Waals surface area contributed by atoms with Crippen LogP contribution in [0.4, 0.5) is 5.69 Å². The van der Waals surface area contributed by atoms with Gasteiger partial charge in [0.1, 0.15) is 11.3 Å². The van der Waals surface area contributed by atoms with Gasteiger partial charge in [0, 0.05) is 36.9 Å². The summed E-state index contributed by atoms with van der Waals surface area (Å²) in [4.78, 5) is 12.7. The topological polar surface area (TPSA) is 98.1 Å². The zero-order valence-electron chi connectivity index (χ0n) is 19.0. The third-order valence-corrected chi connectivity index (χ3v) is 7.80. The minimum atomic E-state index is -3.56. The van der Waals surface area contributed by atoms with Crippen LogP contribution in [0.5, 0.6) is 0 Å². The number of hydrogen-bond donors (Lipinski definition) is 1. The highest BCUT2D eigenvalue weighted by Crippen LogP contribution is 2.45. The van der Waals surface area contributed by atoms with Crippen molar-refractivity contribution in [1.82, 2.24) is 5.32 Å². The normalized spacial score (nSPS) is 20.3. The fourth-order valence-corrected chi connectivity index (χ4v) is 4.29. The number of furan rings is 1. The van der Waals surface area contributed by atoms with Crippen LogP contribution in [-0.2, 0) is 19.3 Å². The predicted octanol–water partition coefficient (Wildman–Crippen LogP) is 2.36. The number of sulfonamides is 1. The number of amides is 1. The highest BCUT2D eigenvalue weighted by Gasteiger charge is 2.53. The molecule has 2 heterocycles. The minimum Gasteiger partial charge on any atom is -0.460 e. The van der Waals surface area contributed by atoms with Crippen LogP contribution in [-0.4, -0.2) is 53.0 Å². The van der Waals surface area contributed by atoms with E-state index in [9.17, 15) is 13.2 Å². The molecule has 1 aromatic carbocycles. The number of fused-ring (bicyclic) bond motifs is 1. The fraction of sp³-hybridized carbons (Fsp3) is 0.571. The molecule has 4 rings (SSSR count). The quantitative estimate of drug-likeness (QED) is 0.706. The molecule has 1 aliphatic heterocycles. The molecule has 0 unspecified atom stereocenters. The molecule has 8 nitrogen and oxygen atoms in total. The van der Waals surface area contributed by atoms with Crippen LogP contribution in [0.1, 0.15) is 62.6 Å². The molecule has 0 atom stereocenters. The average molecular weight is 448 g/mol. The summed E-state index contributed by atoms with van der Waals surface area (Å²) in [5.41, 5.74) is 0.678. The van der Waals surface area contributed by atoms with E-state index in [-0.39, 0.29) is 11.8 Å². The Labute approximate surface area is 183 Å². The molecular formula is C21H29BN2O6S. The number of anilines is 1. The van der Waals surface area contributed by atoms with E-state index in [2.05, 4.69) is 5.32 Å². The summed E-state index contributed by atoms with van der Waals surface area (Å²) in [6.07, 6.45) is 3.06. The summed E-state index contributed by atoms with van der Waals surface area (Å²) >= 11 is 0. The van der Waals surface area contributed by atoms with Crippen LogP contribution < -0.4 is 15.1 Å². The van der Waals surface area contributed by atoms with Crippen LogP contribution in [0.2, 0.25) is 0 Å². The monoisotopic (exact) mass is 448 g/mol. The number of carbonyl (C=O) groups excluding carboxylic acids is 1. The van der Waals surface area contributed by atoms with Crippen molar-refractivity contribution in [2.45, 2.75) is 57.7 Å². The Morgan fingerprint density at radius 3 is 2.23 bits per heavy atom. The van der Waals surface area contributed by atoms with Gasteiger partial charge in [0.05, 0.1) is 28.7 Å². The Bertz CT molecular complexity index is 1150. The largest absolute Gasteiger partial charge is 0.497 e. The molecule has 2 aromatic rings. The van der Waals surface area contributed by atoms with Crippen LogP contribution in [0, 0.1) is 0 Å². The van der Waals surface area contributed by atoms with E-state index in [0.717, 1.165) is 19.1 Å². The number of carbonyl (C=O) groups is 1. The molecule has 1 saturated carbocycles. The van der Waals surface area contributed by atoms with Gasteiger partial charge in [-0.25, -0.2) is 8.42 Å². The number of benzene rings is 1. The summed E-state index contributed by atoms with van der Waals surface area (Å²) in [6, 6.07) is 3.43. The first kappa shape index (κ1) is 22.2. The molecule has 10 heteroatoms. The van der Waals surface area contributed by atoms with Gasteiger partial charge in [-0.15, -0.1) is 0 Å². The lowest BCUT2D eigenvalue weighted by molar-refractivity contribution is 0.00578. The predicted molar refractivity (Wildman–Crippen MR) is 121 cm³/mol. The van der Waals surface area contributed by atoms with Crippen molar-refractivity contribution in [1.29, 1.82) is 0 Å². The molecule has 1 aromatic heterocycles. The van der Waals surface area contributed by atoms with Crippen molar-refractivity contribution in [3.05, 3.63) is 23.5 Å². The van der Waals surface area contributed by atoms with Crippen molar-refractivity contribution in [2.75, 3.05) is 24.7 Å². The second-order valence-electron chi connectivity index (χ2n) is 9.42. The highest BCUT2D eigenvalue weighted by molar-refractivity contribution is 7.92. The first-order valence-corrected chi connectivity index (χ1v) is 12.2. The average Bonchev–Trinajstić information content (AvgIpc) is 3.40. The van der Waals surface area contributed by atoms with E-state index < -0.39 is 28.3 Å². The summed E-state index contributed by atoms with van der Waals surface area (Å²) in [5.74, 6) is 0.620. The number of rotatable bonds is 5. The van der Waals surface area contributed by atoms with Gasteiger partial charge in [0.25, 0.3) is 5.91 Å². The Balaban J connectivity index is 1.97. The van der Waals surface area contributed by atoms with Gasteiger partial charge in [0.2, 0.25) is 10.0 Å². The van der Waals surface area contributed by atoms with Crippen LogP contribution in [0.3, 0.4) is 0 Å². The van der Waals surface area contributed by atoms with Crippen molar-refractivity contribution >= 4 is 45.2 Å². The number of nitrogens with one attached hydrogen (secondary N) is 1. The molecule has 168 valence electrons. The molecule has 1 saturated heterocycles. The maximum atomic E-state index is 12.7. The zero-order chi connectivity index (χ0) is 22.9. The van der Waals surface area contributed by atoms with E-state index in [1.165, 1.54) is 11.4 Å². The molecule has 2 aliphatic rings. The highest BCUT2D eigenvalue weighted by atomic mass is 32.2. The summed E-state index contributed by atoms with van der Waals surface area (Å²) in [6.45, 7) is 7.74. The lowest BCUT2D eigenvalue weighted by Crippen LogP contribution is -2.41. The van der Waals surface area contributed by atoms with Crippen LogP contribution in [0.25, 0.3) is 11.0 Å². The van der Waals surface area contributed by atoms with E-state index >= 15 is 0 Å². The van der Waals surface area contributed by atoms with E-state index in [0.29, 0.717) is 33.4 Å². The van der Waals surface area contributed by atoms with E-state index in [1.807, 2.05) is 27.7 Å². The Kier molecular flexibility index (Phi) is 4.99. The van der Waals surface area contributed by atoms with Gasteiger partial charge in [0.15, 0.2) is 0 Å². The standard InChI is InChI=1S/C21H29BN2O6S/c1-20(2)21(3,4)30-22(29-20)14-10-13-16(11-15(14)24(6)31(7,26)27)28-18(12-8-9-12)17(13)19(25)23-5/h10-12H,8-9H2,1-7H3,(H,23,25). The smallest absolute Gasteiger partial charge is 0.460 e. The van der Waals surface area contributed by atoms with Crippen molar-refractivity contribution in [3.63, 3.8) is 0 Å². The lowest BCUT2D eigenvalue weighted by atomic mass is 9.77. The van der Waals surface area contributed by atoms with Crippen molar-refractivity contribution in [3.8, 4) is 0 Å². The minimum absolute atomic E-state index is 0.205. The maximum absolute atomic E-state index is 12.7.